The fourth-order valence-corrected chi connectivity index (χ4v) is 2.43. The predicted octanol–water partition coefficient (Wildman–Crippen LogP) is 4.09. The van der Waals surface area contributed by atoms with Gasteiger partial charge in [-0.2, -0.15) is 0 Å². The monoisotopic (exact) mass is 371 g/mol. The van der Waals surface area contributed by atoms with Gasteiger partial charge in [0.1, 0.15) is 5.82 Å². The number of nitrogen functional groups attached to an aromatic ring is 1. The van der Waals surface area contributed by atoms with Gasteiger partial charge in [0.15, 0.2) is 0 Å². The molecule has 0 bridgehead atoms. The van der Waals surface area contributed by atoms with Gasteiger partial charge in [0.2, 0.25) is 0 Å². The van der Waals surface area contributed by atoms with Gasteiger partial charge in [-0.05, 0) is 58.7 Å². The third-order valence-corrected chi connectivity index (χ3v) is 3.74. The fraction of sp³-hybridized carbons (Fsp3) is 0.0714. The molecule has 0 saturated carbocycles. The molecule has 0 heterocycles. The molecule has 0 aliphatic rings. The number of hydrogen-bond acceptors (Lipinski definition) is 3. The first kappa shape index (κ1) is 15.8. The first-order valence-electron chi connectivity index (χ1n) is 5.95. The van der Waals surface area contributed by atoms with Crippen LogP contribution in [0.4, 0.5) is 15.8 Å². The van der Waals surface area contributed by atoms with Crippen LogP contribution in [0.25, 0.3) is 0 Å². The molecule has 21 heavy (non-hydrogen) atoms. The molecular weight excluding hydrogens is 361 g/mol. The predicted molar refractivity (Wildman–Crippen MR) is 86.1 cm³/mol. The lowest BCUT2D eigenvalue weighted by atomic mass is 10.1. The highest BCUT2D eigenvalue weighted by Gasteiger charge is 2.14. The maximum absolute atomic E-state index is 13.6. The van der Waals surface area contributed by atoms with E-state index in [0.717, 1.165) is 5.56 Å². The van der Waals surface area contributed by atoms with Crippen LogP contribution in [0.3, 0.4) is 0 Å². The van der Waals surface area contributed by atoms with E-state index in [1.807, 2.05) is 0 Å². The number of halogens is 3. The maximum atomic E-state index is 13.6. The normalized spacial score (nSPS) is 10.3. The highest BCUT2D eigenvalue weighted by molar-refractivity contribution is 9.10. The molecular formula is C14H12BrClFN3O. The van der Waals surface area contributed by atoms with Gasteiger partial charge in [-0.25, -0.2) is 4.39 Å². The van der Waals surface area contributed by atoms with Gasteiger partial charge in [0.05, 0.1) is 15.7 Å². The Bertz CT molecular complexity index is 709. The van der Waals surface area contributed by atoms with Crippen LogP contribution in [-0.2, 0) is 0 Å². The summed E-state index contributed by atoms with van der Waals surface area (Å²) in [7, 11) is 0. The molecule has 0 aliphatic carbocycles. The Morgan fingerprint density at radius 1 is 1.29 bits per heavy atom. The van der Waals surface area contributed by atoms with Crippen molar-refractivity contribution in [1.29, 1.82) is 0 Å². The zero-order valence-electron chi connectivity index (χ0n) is 11.0. The molecule has 0 unspecified atom stereocenters. The summed E-state index contributed by atoms with van der Waals surface area (Å²) in [5.41, 5.74) is 4.22. The third-order valence-electron chi connectivity index (χ3n) is 2.90. The van der Waals surface area contributed by atoms with E-state index in [4.69, 9.17) is 17.4 Å². The van der Waals surface area contributed by atoms with E-state index in [9.17, 15) is 9.18 Å². The zero-order valence-corrected chi connectivity index (χ0v) is 13.3. The lowest BCUT2D eigenvalue weighted by Crippen LogP contribution is -2.17. The summed E-state index contributed by atoms with van der Waals surface area (Å²) in [4.78, 5) is 12.3. The molecule has 0 spiro atoms. The van der Waals surface area contributed by atoms with Gasteiger partial charge in [0.25, 0.3) is 5.91 Å². The highest BCUT2D eigenvalue weighted by atomic mass is 79.9. The van der Waals surface area contributed by atoms with E-state index in [2.05, 4.69) is 26.7 Å². The molecule has 2 aromatic rings. The second-order valence-electron chi connectivity index (χ2n) is 4.37. The summed E-state index contributed by atoms with van der Waals surface area (Å²) in [5.74, 6) is 4.47. The van der Waals surface area contributed by atoms with Crippen molar-refractivity contribution in [2.24, 2.45) is 5.84 Å². The van der Waals surface area contributed by atoms with Crippen molar-refractivity contribution in [3.63, 3.8) is 0 Å². The van der Waals surface area contributed by atoms with Crippen LogP contribution in [0.1, 0.15) is 15.9 Å². The van der Waals surface area contributed by atoms with E-state index in [0.29, 0.717) is 20.9 Å². The number of amides is 1. The number of nitrogens with one attached hydrogen (secondary N) is 2. The van der Waals surface area contributed by atoms with E-state index < -0.39 is 11.7 Å². The molecule has 0 fully saturated rings. The Kier molecular flexibility index (Phi) is 4.82. The van der Waals surface area contributed by atoms with Crippen LogP contribution in [0.5, 0.6) is 0 Å². The molecule has 4 N–H and O–H groups in total. The number of hydrogen-bond donors (Lipinski definition) is 3. The van der Waals surface area contributed by atoms with Gasteiger partial charge < -0.3 is 10.7 Å². The van der Waals surface area contributed by atoms with Gasteiger partial charge >= 0.3 is 0 Å². The number of aryl methyl sites for hydroxylation is 1. The Morgan fingerprint density at radius 3 is 2.67 bits per heavy atom. The molecule has 0 atom stereocenters. The number of carbonyl (C=O) groups is 1. The standard InChI is InChI=1S/C14H12BrClFN3O/c1-7-4-10(15)11(17)6-13(7)19-14(21)9-5-8(16)2-3-12(9)20-18/h2-6,20H,18H2,1H3,(H,19,21). The van der Waals surface area contributed by atoms with Crippen molar-refractivity contribution in [2.75, 3.05) is 10.7 Å². The van der Waals surface area contributed by atoms with Gasteiger partial charge in [-0.1, -0.05) is 11.6 Å². The highest BCUT2D eigenvalue weighted by Crippen LogP contribution is 2.26. The van der Waals surface area contributed by atoms with Crippen LogP contribution in [0.15, 0.2) is 34.8 Å². The van der Waals surface area contributed by atoms with Crippen molar-refractivity contribution >= 4 is 44.8 Å². The van der Waals surface area contributed by atoms with Crippen molar-refractivity contribution in [3.05, 3.63) is 56.8 Å². The number of hydrazine groups is 1. The first-order valence-corrected chi connectivity index (χ1v) is 7.12. The second kappa shape index (κ2) is 6.43. The molecule has 2 rings (SSSR count). The van der Waals surface area contributed by atoms with Gasteiger partial charge in [-0.3, -0.25) is 10.6 Å². The fourth-order valence-electron chi connectivity index (χ4n) is 1.80. The van der Waals surface area contributed by atoms with Crippen LogP contribution < -0.4 is 16.6 Å². The summed E-state index contributed by atoms with van der Waals surface area (Å²) in [6.45, 7) is 1.76. The molecule has 2 aromatic carbocycles. The average Bonchev–Trinajstić information content (AvgIpc) is 2.44. The first-order chi connectivity index (χ1) is 9.92. The van der Waals surface area contributed by atoms with Crippen molar-refractivity contribution in [3.8, 4) is 0 Å². The lowest BCUT2D eigenvalue weighted by Gasteiger charge is -2.12. The molecule has 0 aromatic heterocycles. The quantitative estimate of drug-likeness (QED) is 0.561. The lowest BCUT2D eigenvalue weighted by molar-refractivity contribution is 0.102. The van der Waals surface area contributed by atoms with Crippen LogP contribution in [-0.4, -0.2) is 5.91 Å². The van der Waals surface area contributed by atoms with Crippen molar-refractivity contribution < 1.29 is 9.18 Å². The minimum absolute atomic E-state index is 0.271. The van der Waals surface area contributed by atoms with Gasteiger partial charge in [0, 0.05) is 10.7 Å². The topological polar surface area (TPSA) is 67.2 Å². The van der Waals surface area contributed by atoms with Gasteiger partial charge in [-0.15, -0.1) is 0 Å². The number of carbonyl (C=O) groups excluding carboxylic acids is 1. The Morgan fingerprint density at radius 2 is 2.00 bits per heavy atom. The summed E-state index contributed by atoms with van der Waals surface area (Å²) in [6, 6.07) is 7.52. The second-order valence-corrected chi connectivity index (χ2v) is 5.66. The van der Waals surface area contributed by atoms with Crippen LogP contribution >= 0.6 is 27.5 Å². The Hall–Kier alpha value is -1.63. The summed E-state index contributed by atoms with van der Waals surface area (Å²) >= 11 is 8.98. The molecule has 0 aliphatic heterocycles. The summed E-state index contributed by atoms with van der Waals surface area (Å²) in [5, 5.41) is 3.04. The molecule has 110 valence electrons. The van der Waals surface area contributed by atoms with Crippen LogP contribution in [0, 0.1) is 12.7 Å². The largest absolute Gasteiger partial charge is 0.323 e. The number of nitrogens with two attached hydrogens (primary N) is 1. The Labute approximate surface area is 134 Å². The number of anilines is 2. The number of rotatable bonds is 3. The summed E-state index contributed by atoms with van der Waals surface area (Å²) < 4.78 is 13.9. The van der Waals surface area contributed by atoms with E-state index in [1.54, 1.807) is 25.1 Å². The van der Waals surface area contributed by atoms with Crippen LogP contribution in [0.2, 0.25) is 5.02 Å². The molecule has 1 amide bonds. The SMILES string of the molecule is Cc1cc(Br)c(F)cc1NC(=O)c1cc(Cl)ccc1NN. The molecule has 7 heteroatoms. The van der Waals surface area contributed by atoms with Crippen molar-refractivity contribution in [1.82, 2.24) is 0 Å². The zero-order chi connectivity index (χ0) is 15.6. The maximum Gasteiger partial charge on any atom is 0.257 e. The van der Waals surface area contributed by atoms with E-state index in [1.165, 1.54) is 12.1 Å². The molecule has 0 saturated heterocycles. The minimum atomic E-state index is -0.459. The van der Waals surface area contributed by atoms with E-state index >= 15 is 0 Å². The Balaban J connectivity index is 2.34. The molecule has 4 nitrogen and oxygen atoms in total. The average molecular weight is 373 g/mol. The smallest absolute Gasteiger partial charge is 0.257 e. The number of benzene rings is 2. The molecule has 0 radical (unpaired) electrons. The summed E-state index contributed by atoms with van der Waals surface area (Å²) in [6.07, 6.45) is 0. The van der Waals surface area contributed by atoms with E-state index in [-0.39, 0.29) is 5.56 Å². The minimum Gasteiger partial charge on any atom is -0.323 e. The van der Waals surface area contributed by atoms with Crippen molar-refractivity contribution in [2.45, 2.75) is 6.92 Å². The third kappa shape index (κ3) is 3.53.